The largest absolute Gasteiger partial charge is 0.310 e. The standard InChI is InChI=1S/C14H20N2/c1-2-14(13-9-5-3-6-10-13)16-12-8-4-7-11-15/h3,5-6,9-10,14,16H,2,4,7-8,12H2,1H3. The number of nitriles is 1. The number of rotatable bonds is 7. The van der Waals surface area contributed by atoms with Crippen LogP contribution in [0.15, 0.2) is 30.3 Å². The predicted molar refractivity (Wildman–Crippen MR) is 66.9 cm³/mol. The molecule has 86 valence electrons. The summed E-state index contributed by atoms with van der Waals surface area (Å²) in [6.45, 7) is 3.19. The van der Waals surface area contributed by atoms with E-state index in [-0.39, 0.29) is 0 Å². The maximum atomic E-state index is 8.43. The molecule has 0 heterocycles. The van der Waals surface area contributed by atoms with Crippen molar-refractivity contribution in [2.75, 3.05) is 6.54 Å². The average Bonchev–Trinajstić information content (AvgIpc) is 2.35. The highest BCUT2D eigenvalue weighted by Crippen LogP contribution is 2.15. The molecule has 0 aliphatic heterocycles. The second-order valence-corrected chi connectivity index (χ2v) is 3.94. The summed E-state index contributed by atoms with van der Waals surface area (Å²) in [6.07, 6.45) is 3.84. The number of nitrogens with zero attached hydrogens (tertiary/aromatic N) is 1. The van der Waals surface area contributed by atoms with E-state index in [9.17, 15) is 0 Å². The van der Waals surface area contributed by atoms with Crippen molar-refractivity contribution in [3.8, 4) is 6.07 Å². The molecule has 1 aromatic rings. The van der Waals surface area contributed by atoms with Crippen LogP contribution in [-0.2, 0) is 0 Å². The van der Waals surface area contributed by atoms with Crippen LogP contribution in [-0.4, -0.2) is 6.54 Å². The molecule has 0 bridgehead atoms. The Morgan fingerprint density at radius 3 is 2.62 bits per heavy atom. The van der Waals surface area contributed by atoms with E-state index in [1.54, 1.807) is 0 Å². The van der Waals surface area contributed by atoms with Crippen LogP contribution >= 0.6 is 0 Å². The van der Waals surface area contributed by atoms with Crippen molar-refractivity contribution >= 4 is 0 Å². The van der Waals surface area contributed by atoms with Gasteiger partial charge in [0.25, 0.3) is 0 Å². The smallest absolute Gasteiger partial charge is 0.0621 e. The molecule has 0 fully saturated rings. The first kappa shape index (κ1) is 12.7. The summed E-state index contributed by atoms with van der Waals surface area (Å²) in [4.78, 5) is 0. The van der Waals surface area contributed by atoms with Crippen LogP contribution in [0.3, 0.4) is 0 Å². The molecule has 0 saturated heterocycles. The Balaban J connectivity index is 2.31. The third kappa shape index (κ3) is 4.46. The van der Waals surface area contributed by atoms with Crippen molar-refractivity contribution in [2.24, 2.45) is 0 Å². The molecule has 1 atom stereocenters. The van der Waals surface area contributed by atoms with E-state index in [4.69, 9.17) is 5.26 Å². The summed E-state index contributed by atoms with van der Waals surface area (Å²) < 4.78 is 0. The Kier molecular flexibility index (Phi) is 6.29. The molecule has 0 saturated carbocycles. The van der Waals surface area contributed by atoms with Crippen LogP contribution in [0.4, 0.5) is 0 Å². The minimum absolute atomic E-state index is 0.447. The van der Waals surface area contributed by atoms with Gasteiger partial charge in [0.15, 0.2) is 0 Å². The van der Waals surface area contributed by atoms with Crippen LogP contribution in [0.1, 0.15) is 44.2 Å². The minimum atomic E-state index is 0.447. The lowest BCUT2D eigenvalue weighted by Crippen LogP contribution is -2.21. The highest BCUT2D eigenvalue weighted by molar-refractivity contribution is 5.18. The topological polar surface area (TPSA) is 35.8 Å². The molecule has 0 amide bonds. The zero-order valence-electron chi connectivity index (χ0n) is 9.95. The minimum Gasteiger partial charge on any atom is -0.310 e. The first-order chi connectivity index (χ1) is 7.88. The second-order valence-electron chi connectivity index (χ2n) is 3.94. The molecule has 16 heavy (non-hydrogen) atoms. The number of hydrogen-bond acceptors (Lipinski definition) is 2. The van der Waals surface area contributed by atoms with E-state index in [0.29, 0.717) is 12.5 Å². The van der Waals surface area contributed by atoms with Gasteiger partial charge in [-0.05, 0) is 31.4 Å². The van der Waals surface area contributed by atoms with E-state index in [0.717, 1.165) is 25.8 Å². The van der Waals surface area contributed by atoms with Gasteiger partial charge in [0.1, 0.15) is 0 Å². The predicted octanol–water partition coefficient (Wildman–Crippen LogP) is 3.42. The van der Waals surface area contributed by atoms with Gasteiger partial charge >= 0.3 is 0 Å². The van der Waals surface area contributed by atoms with Crippen LogP contribution in [0.25, 0.3) is 0 Å². The zero-order valence-corrected chi connectivity index (χ0v) is 9.95. The van der Waals surface area contributed by atoms with Crippen molar-refractivity contribution in [1.29, 1.82) is 5.26 Å². The van der Waals surface area contributed by atoms with Crippen molar-refractivity contribution in [2.45, 2.75) is 38.6 Å². The van der Waals surface area contributed by atoms with Crippen LogP contribution in [0, 0.1) is 11.3 Å². The van der Waals surface area contributed by atoms with Gasteiger partial charge in [-0.3, -0.25) is 0 Å². The molecule has 0 spiro atoms. The third-order valence-corrected chi connectivity index (χ3v) is 2.72. The number of unbranched alkanes of at least 4 members (excludes halogenated alkanes) is 2. The van der Waals surface area contributed by atoms with Crippen molar-refractivity contribution < 1.29 is 0 Å². The Hall–Kier alpha value is -1.33. The normalized spacial score (nSPS) is 12.0. The monoisotopic (exact) mass is 216 g/mol. The maximum absolute atomic E-state index is 8.43. The fourth-order valence-corrected chi connectivity index (χ4v) is 1.79. The Morgan fingerprint density at radius 2 is 2.00 bits per heavy atom. The fourth-order valence-electron chi connectivity index (χ4n) is 1.79. The fraction of sp³-hybridized carbons (Fsp3) is 0.500. The molecule has 2 nitrogen and oxygen atoms in total. The Bertz CT molecular complexity index is 313. The summed E-state index contributed by atoms with van der Waals surface area (Å²) in [7, 11) is 0. The molecular formula is C14H20N2. The van der Waals surface area contributed by atoms with E-state index in [2.05, 4.69) is 42.6 Å². The zero-order chi connectivity index (χ0) is 11.6. The molecule has 1 N–H and O–H groups in total. The van der Waals surface area contributed by atoms with Crippen LogP contribution in [0.2, 0.25) is 0 Å². The van der Waals surface area contributed by atoms with E-state index < -0.39 is 0 Å². The van der Waals surface area contributed by atoms with Crippen LogP contribution < -0.4 is 5.32 Å². The summed E-state index contributed by atoms with van der Waals surface area (Å²) in [6, 6.07) is 13.1. The average molecular weight is 216 g/mol. The molecule has 0 aliphatic rings. The van der Waals surface area contributed by atoms with Crippen molar-refractivity contribution in [3.05, 3.63) is 35.9 Å². The lowest BCUT2D eigenvalue weighted by Gasteiger charge is -2.17. The van der Waals surface area contributed by atoms with Gasteiger partial charge in [0, 0.05) is 12.5 Å². The maximum Gasteiger partial charge on any atom is 0.0621 e. The first-order valence-corrected chi connectivity index (χ1v) is 6.03. The second kappa shape index (κ2) is 7.90. The van der Waals surface area contributed by atoms with Crippen LogP contribution in [0.5, 0.6) is 0 Å². The molecule has 2 heteroatoms. The lowest BCUT2D eigenvalue weighted by atomic mass is 10.0. The summed E-state index contributed by atoms with van der Waals surface area (Å²) in [5.74, 6) is 0. The first-order valence-electron chi connectivity index (χ1n) is 6.03. The van der Waals surface area contributed by atoms with Gasteiger partial charge in [-0.25, -0.2) is 0 Å². The Morgan fingerprint density at radius 1 is 1.25 bits per heavy atom. The van der Waals surface area contributed by atoms with E-state index >= 15 is 0 Å². The Labute approximate surface area is 98.3 Å². The van der Waals surface area contributed by atoms with Gasteiger partial charge < -0.3 is 5.32 Å². The lowest BCUT2D eigenvalue weighted by molar-refractivity contribution is 0.504. The van der Waals surface area contributed by atoms with Crippen molar-refractivity contribution in [3.63, 3.8) is 0 Å². The highest BCUT2D eigenvalue weighted by Gasteiger charge is 2.06. The molecule has 1 unspecified atom stereocenters. The molecule has 1 rings (SSSR count). The number of nitrogens with one attached hydrogen (secondary N) is 1. The quantitative estimate of drug-likeness (QED) is 0.709. The highest BCUT2D eigenvalue weighted by atomic mass is 14.9. The molecule has 0 aromatic heterocycles. The van der Waals surface area contributed by atoms with Gasteiger partial charge in [0.05, 0.1) is 6.07 Å². The van der Waals surface area contributed by atoms with Gasteiger partial charge in [-0.15, -0.1) is 0 Å². The molecule has 0 radical (unpaired) electrons. The molecular weight excluding hydrogens is 196 g/mol. The molecule has 0 aliphatic carbocycles. The van der Waals surface area contributed by atoms with Gasteiger partial charge in [-0.1, -0.05) is 37.3 Å². The summed E-state index contributed by atoms with van der Waals surface area (Å²) >= 11 is 0. The van der Waals surface area contributed by atoms with Gasteiger partial charge in [0.2, 0.25) is 0 Å². The number of benzene rings is 1. The van der Waals surface area contributed by atoms with E-state index in [1.807, 2.05) is 6.07 Å². The molecule has 1 aromatic carbocycles. The number of hydrogen-bond donors (Lipinski definition) is 1. The van der Waals surface area contributed by atoms with Crippen molar-refractivity contribution in [1.82, 2.24) is 5.32 Å². The van der Waals surface area contributed by atoms with Gasteiger partial charge in [-0.2, -0.15) is 5.26 Å². The summed E-state index contributed by atoms with van der Waals surface area (Å²) in [5, 5.41) is 12.0. The van der Waals surface area contributed by atoms with E-state index in [1.165, 1.54) is 5.56 Å². The third-order valence-electron chi connectivity index (χ3n) is 2.72. The SMILES string of the molecule is CCC(NCCCCC#N)c1ccccc1. The summed E-state index contributed by atoms with van der Waals surface area (Å²) in [5.41, 5.74) is 1.35.